The Morgan fingerprint density at radius 3 is 1.14 bits per heavy atom. The first-order valence-electron chi connectivity index (χ1n) is 12.7. The Hall–Kier alpha value is -3.02. The van der Waals surface area contributed by atoms with E-state index in [4.69, 9.17) is 0 Å². The number of hydrogen-bond donors (Lipinski definition) is 4. The summed E-state index contributed by atoms with van der Waals surface area (Å²) >= 11 is 0. The SMILES string of the molecule is CC(C)(C)CC(C)(C)c1cc(Cc2cc(C(C)(C)CC(C)(C)C)cc(C(=O)O)c2O)c(O)c(C(=O)O)c1. The molecule has 2 aromatic rings. The molecule has 4 N–H and O–H groups in total. The Balaban J connectivity index is 2.75. The largest absolute Gasteiger partial charge is 0.507 e. The van der Waals surface area contributed by atoms with Crippen LogP contribution < -0.4 is 0 Å². The molecule has 0 fully saturated rings. The molecule has 204 valence electrons. The van der Waals surface area contributed by atoms with E-state index in [1.807, 2.05) is 27.7 Å². The second-order valence-corrected chi connectivity index (χ2v) is 14.1. The zero-order valence-corrected chi connectivity index (χ0v) is 24.0. The van der Waals surface area contributed by atoms with E-state index in [2.05, 4.69) is 41.5 Å². The summed E-state index contributed by atoms with van der Waals surface area (Å²) in [4.78, 5) is 24.1. The average molecular weight is 513 g/mol. The van der Waals surface area contributed by atoms with E-state index in [9.17, 15) is 30.0 Å². The van der Waals surface area contributed by atoms with Crippen molar-refractivity contribution in [1.29, 1.82) is 0 Å². The molecule has 0 saturated carbocycles. The fourth-order valence-corrected chi connectivity index (χ4v) is 5.83. The number of hydrogen-bond acceptors (Lipinski definition) is 4. The van der Waals surface area contributed by atoms with Gasteiger partial charge in [-0.2, -0.15) is 0 Å². The summed E-state index contributed by atoms with van der Waals surface area (Å²) in [7, 11) is 0. The molecule has 6 nitrogen and oxygen atoms in total. The molecule has 2 aromatic carbocycles. The Bertz CT molecular complexity index is 1100. The minimum absolute atomic E-state index is 0.0168. The summed E-state index contributed by atoms with van der Waals surface area (Å²) in [5.41, 5.74) is 0.923. The fourth-order valence-electron chi connectivity index (χ4n) is 5.83. The van der Waals surface area contributed by atoms with Crippen LogP contribution in [-0.2, 0) is 17.3 Å². The molecule has 0 saturated heterocycles. The van der Waals surface area contributed by atoms with Gasteiger partial charge in [0.15, 0.2) is 0 Å². The van der Waals surface area contributed by atoms with Crippen LogP contribution in [0, 0.1) is 10.8 Å². The van der Waals surface area contributed by atoms with Crippen LogP contribution in [0.1, 0.15) is 125 Å². The third kappa shape index (κ3) is 7.50. The molecule has 0 heterocycles. The summed E-state index contributed by atoms with van der Waals surface area (Å²) < 4.78 is 0. The van der Waals surface area contributed by atoms with Gasteiger partial charge >= 0.3 is 11.9 Å². The molecule has 2 rings (SSSR count). The van der Waals surface area contributed by atoms with Crippen LogP contribution >= 0.6 is 0 Å². The van der Waals surface area contributed by atoms with Crippen molar-refractivity contribution >= 4 is 11.9 Å². The van der Waals surface area contributed by atoms with Crippen LogP contribution in [0.3, 0.4) is 0 Å². The van der Waals surface area contributed by atoms with Gasteiger partial charge in [-0.25, -0.2) is 9.59 Å². The number of phenols is 2. The van der Waals surface area contributed by atoms with Crippen molar-refractivity contribution in [1.82, 2.24) is 0 Å². The van der Waals surface area contributed by atoms with E-state index in [0.29, 0.717) is 11.1 Å². The summed E-state index contributed by atoms with van der Waals surface area (Å²) in [6, 6.07) is 6.58. The normalized spacial score (nSPS) is 13.0. The predicted molar refractivity (Wildman–Crippen MR) is 147 cm³/mol. The molecule has 0 aromatic heterocycles. The molecule has 0 unspecified atom stereocenters. The van der Waals surface area contributed by atoms with E-state index in [0.717, 1.165) is 24.0 Å². The zero-order valence-electron chi connectivity index (χ0n) is 24.0. The first kappa shape index (κ1) is 30.2. The maximum atomic E-state index is 12.0. The van der Waals surface area contributed by atoms with Crippen molar-refractivity contribution in [3.05, 3.63) is 57.6 Å². The molecule has 0 aliphatic rings. The Labute approximate surface area is 221 Å². The highest BCUT2D eigenvalue weighted by atomic mass is 16.4. The first-order chi connectivity index (χ1) is 16.5. The lowest BCUT2D eigenvalue weighted by Crippen LogP contribution is -2.26. The summed E-state index contributed by atoms with van der Waals surface area (Å²) in [5, 5.41) is 41.5. The second kappa shape index (κ2) is 10.0. The van der Waals surface area contributed by atoms with E-state index in [1.165, 1.54) is 12.1 Å². The maximum Gasteiger partial charge on any atom is 0.339 e. The topological polar surface area (TPSA) is 115 Å². The Kier molecular flexibility index (Phi) is 8.19. The van der Waals surface area contributed by atoms with Gasteiger partial charge in [0.25, 0.3) is 0 Å². The molecule has 37 heavy (non-hydrogen) atoms. The van der Waals surface area contributed by atoms with Gasteiger partial charge in [-0.3, -0.25) is 0 Å². The highest BCUT2D eigenvalue weighted by Crippen LogP contribution is 2.42. The van der Waals surface area contributed by atoms with Gasteiger partial charge in [-0.1, -0.05) is 81.4 Å². The number of carbonyl (C=O) groups is 2. The van der Waals surface area contributed by atoms with Gasteiger partial charge < -0.3 is 20.4 Å². The van der Waals surface area contributed by atoms with E-state index < -0.39 is 22.8 Å². The van der Waals surface area contributed by atoms with Crippen LogP contribution in [0.25, 0.3) is 0 Å². The van der Waals surface area contributed by atoms with Crippen LogP contribution in [0.4, 0.5) is 0 Å². The van der Waals surface area contributed by atoms with E-state index in [1.54, 1.807) is 12.1 Å². The lowest BCUT2D eigenvalue weighted by Gasteiger charge is -2.34. The number of aromatic carboxylic acids is 2. The molecule has 6 heteroatoms. The summed E-state index contributed by atoms with van der Waals surface area (Å²) in [6.07, 6.45) is 1.53. The minimum atomic E-state index is -1.25. The molecular weight excluding hydrogens is 468 g/mol. The second-order valence-electron chi connectivity index (χ2n) is 14.1. The smallest absolute Gasteiger partial charge is 0.339 e. The zero-order chi connectivity index (χ0) is 28.7. The highest BCUT2D eigenvalue weighted by molar-refractivity contribution is 5.93. The number of carboxylic acid groups (broad SMARTS) is 2. The van der Waals surface area contributed by atoms with Crippen molar-refractivity contribution in [2.45, 2.75) is 99.3 Å². The fraction of sp³-hybridized carbons (Fsp3) is 0.548. The molecule has 0 aliphatic carbocycles. The third-order valence-electron chi connectivity index (χ3n) is 6.73. The van der Waals surface area contributed by atoms with E-state index in [-0.39, 0.29) is 39.9 Å². The monoisotopic (exact) mass is 512 g/mol. The van der Waals surface area contributed by atoms with Gasteiger partial charge in [0.1, 0.15) is 22.6 Å². The quantitative estimate of drug-likeness (QED) is 0.291. The molecule has 0 spiro atoms. The van der Waals surface area contributed by atoms with Crippen LogP contribution in [0.5, 0.6) is 11.5 Å². The Morgan fingerprint density at radius 2 is 0.892 bits per heavy atom. The van der Waals surface area contributed by atoms with E-state index >= 15 is 0 Å². The van der Waals surface area contributed by atoms with Crippen molar-refractivity contribution in [3.8, 4) is 11.5 Å². The standard InChI is InChI=1S/C31H44O6/c1-28(2,3)16-30(7,8)20-12-18(24(32)22(14-20)26(34)35)11-19-13-21(15-23(25(19)33)27(36)37)31(9,10)17-29(4,5)6/h12-15,32-33H,11,16-17H2,1-10H3,(H,34,35)(H,36,37). The van der Waals surface area contributed by atoms with Crippen molar-refractivity contribution in [2.75, 3.05) is 0 Å². The van der Waals surface area contributed by atoms with Crippen LogP contribution in [-0.4, -0.2) is 32.4 Å². The summed E-state index contributed by atoms with van der Waals surface area (Å²) in [5.74, 6) is -3.25. The number of aromatic hydroxyl groups is 2. The first-order valence-corrected chi connectivity index (χ1v) is 12.7. The predicted octanol–water partition coefficient (Wildman–Crippen LogP) is 7.51. The van der Waals surface area contributed by atoms with Crippen molar-refractivity contribution in [2.24, 2.45) is 10.8 Å². The van der Waals surface area contributed by atoms with Gasteiger partial charge in [-0.05, 0) is 68.9 Å². The van der Waals surface area contributed by atoms with Crippen molar-refractivity contribution < 1.29 is 30.0 Å². The Morgan fingerprint density at radius 1 is 0.595 bits per heavy atom. The van der Waals surface area contributed by atoms with Gasteiger partial charge in [-0.15, -0.1) is 0 Å². The van der Waals surface area contributed by atoms with Gasteiger partial charge in [0.05, 0.1) is 0 Å². The average Bonchev–Trinajstić information content (AvgIpc) is 2.66. The number of carboxylic acids is 2. The highest BCUT2D eigenvalue weighted by Gasteiger charge is 2.32. The molecule has 0 atom stereocenters. The van der Waals surface area contributed by atoms with Gasteiger partial charge in [0.2, 0.25) is 0 Å². The molecule has 0 radical (unpaired) electrons. The lowest BCUT2D eigenvalue weighted by molar-refractivity contribution is 0.0682. The third-order valence-corrected chi connectivity index (χ3v) is 6.73. The van der Waals surface area contributed by atoms with Crippen LogP contribution in [0.15, 0.2) is 24.3 Å². The molecular formula is C31H44O6. The van der Waals surface area contributed by atoms with Crippen LogP contribution in [0.2, 0.25) is 0 Å². The summed E-state index contributed by atoms with van der Waals surface area (Å²) in [6.45, 7) is 20.8. The number of rotatable bonds is 8. The van der Waals surface area contributed by atoms with Gasteiger partial charge in [0, 0.05) is 6.42 Å². The lowest BCUT2D eigenvalue weighted by atomic mass is 9.71. The van der Waals surface area contributed by atoms with Crippen molar-refractivity contribution in [3.63, 3.8) is 0 Å². The molecule has 0 aliphatic heterocycles. The molecule has 0 amide bonds. The molecule has 0 bridgehead atoms. The number of benzene rings is 2. The minimum Gasteiger partial charge on any atom is -0.507 e. The maximum absolute atomic E-state index is 12.0.